The third-order valence-electron chi connectivity index (χ3n) is 15.3. The number of alkyl halides is 1. The molecule has 1 spiro atoms. The Morgan fingerprint density at radius 1 is 0.859 bits per heavy atom. The maximum Gasteiger partial charge on any atom is 0.301 e. The first-order valence-corrected chi connectivity index (χ1v) is 25.6. The fraction of sp³-hybridized carbons (Fsp3) is 0.412. The van der Waals surface area contributed by atoms with Gasteiger partial charge in [-0.1, -0.05) is 0 Å². The average molecular weight is 987 g/mol. The summed E-state index contributed by atoms with van der Waals surface area (Å²) in [6, 6.07) is 21.4. The number of hydrogen-bond donors (Lipinski definition) is 2. The summed E-state index contributed by atoms with van der Waals surface area (Å²) in [5.41, 5.74) is 3.99. The minimum atomic E-state index is -4.24. The van der Waals surface area contributed by atoms with Crippen LogP contribution in [0.15, 0.2) is 83.9 Å². The Hall–Kier alpha value is -6.95. The van der Waals surface area contributed by atoms with Gasteiger partial charge in [-0.25, -0.2) is 13.8 Å². The molecule has 4 aromatic carbocycles. The number of benzene rings is 4. The standard InChI is InChI=1S/C51H52F2N10O7S/c52-34-15-20-61(28-34)71(68,69)57-44-10-8-42(53)47(41(44)25-54)70-38-6-9-43-40(24-38)50(67)63(31-55-43)36-3-1-35(2-4-36)59-18-13-32(14-19-59)26-58-29-51(30-58)16-21-60(22-17-51)37-5-7-39-33(23-37)27-62(49(39)66)45-11-12-46(64)56-48(45)65/h1-10,23-24,31-32,34,45,57H,11-22,26-30H2,(H,56,64,65)/t34-,45+/m1/s1. The molecule has 2 atom stereocenters. The molecule has 17 nitrogen and oxygen atoms in total. The smallest absolute Gasteiger partial charge is 0.301 e. The van der Waals surface area contributed by atoms with Gasteiger partial charge in [0.25, 0.3) is 11.5 Å². The molecular weight excluding hydrogens is 935 g/mol. The molecule has 11 rings (SSSR count). The van der Waals surface area contributed by atoms with Gasteiger partial charge in [-0.2, -0.15) is 18.0 Å². The van der Waals surface area contributed by atoms with Crippen LogP contribution in [0.25, 0.3) is 16.6 Å². The molecule has 5 aromatic rings. The van der Waals surface area contributed by atoms with Crippen LogP contribution in [0.4, 0.5) is 25.8 Å². The third kappa shape index (κ3) is 8.95. The number of carbonyl (C=O) groups is 3. The van der Waals surface area contributed by atoms with Crippen molar-refractivity contribution in [2.24, 2.45) is 11.3 Å². The predicted octanol–water partition coefficient (Wildman–Crippen LogP) is 5.47. The van der Waals surface area contributed by atoms with Crippen molar-refractivity contribution in [2.45, 2.75) is 63.7 Å². The highest BCUT2D eigenvalue weighted by Gasteiger charge is 2.46. The van der Waals surface area contributed by atoms with E-state index >= 15 is 4.39 Å². The first-order valence-electron chi connectivity index (χ1n) is 24.2. The number of carbonyl (C=O) groups excluding carboxylic acids is 3. The molecule has 0 radical (unpaired) electrons. The summed E-state index contributed by atoms with van der Waals surface area (Å²) < 4.78 is 65.3. The fourth-order valence-electron chi connectivity index (χ4n) is 11.3. The third-order valence-corrected chi connectivity index (χ3v) is 16.8. The molecule has 0 aliphatic carbocycles. The van der Waals surface area contributed by atoms with Crippen LogP contribution in [0.2, 0.25) is 0 Å². The molecule has 0 saturated carbocycles. The molecule has 5 fully saturated rings. The number of nitriles is 1. The lowest BCUT2D eigenvalue weighted by molar-refractivity contribution is -0.136. The average Bonchev–Trinajstić information content (AvgIpc) is 3.95. The summed E-state index contributed by atoms with van der Waals surface area (Å²) in [5.74, 6) is -1.68. The SMILES string of the molecule is N#Cc1c(NS(=O)(=O)N2CC[C@@H](F)C2)ccc(F)c1Oc1ccc2ncn(-c3ccc(N4CCC(CN5CC6(CCN(c7ccc8c(c7)CN([C@H]7CCC(=O)NC7=O)C8=O)CC6)C5)CC4)cc3)c(=O)c2c1. The van der Waals surface area contributed by atoms with Crippen LogP contribution in [0.5, 0.6) is 11.5 Å². The monoisotopic (exact) mass is 986 g/mol. The predicted molar refractivity (Wildman–Crippen MR) is 260 cm³/mol. The molecular formula is C51H52F2N10O7S. The number of halogens is 2. The number of nitrogens with zero attached hydrogens (tertiary/aromatic N) is 8. The highest BCUT2D eigenvalue weighted by atomic mass is 32.2. The zero-order chi connectivity index (χ0) is 49.2. The van der Waals surface area contributed by atoms with Gasteiger partial charge in [-0.3, -0.25) is 33.8 Å². The molecule has 5 saturated heterocycles. The molecule has 3 amide bonds. The van der Waals surface area contributed by atoms with Crippen molar-refractivity contribution in [1.29, 1.82) is 5.26 Å². The van der Waals surface area contributed by atoms with Crippen molar-refractivity contribution >= 4 is 55.9 Å². The summed E-state index contributed by atoms with van der Waals surface area (Å²) in [6.07, 6.45) is 5.17. The minimum Gasteiger partial charge on any atom is -0.453 e. The van der Waals surface area contributed by atoms with Crippen molar-refractivity contribution in [3.63, 3.8) is 0 Å². The first-order chi connectivity index (χ1) is 34.2. The normalized spacial score (nSPS) is 21.9. The minimum absolute atomic E-state index is 0.0227. The summed E-state index contributed by atoms with van der Waals surface area (Å²) in [6.45, 7) is 7.11. The number of hydrogen-bond acceptors (Lipinski definition) is 12. The highest BCUT2D eigenvalue weighted by Crippen LogP contribution is 2.43. The van der Waals surface area contributed by atoms with Gasteiger partial charge >= 0.3 is 10.2 Å². The number of rotatable bonds is 11. The van der Waals surface area contributed by atoms with Gasteiger partial charge < -0.3 is 24.3 Å². The largest absolute Gasteiger partial charge is 0.453 e. The summed E-state index contributed by atoms with van der Waals surface area (Å²) >= 11 is 0. The molecule has 20 heteroatoms. The molecule has 7 heterocycles. The number of likely N-dealkylation sites (tertiary alicyclic amines) is 1. The van der Waals surface area contributed by atoms with E-state index in [2.05, 4.69) is 35.8 Å². The van der Waals surface area contributed by atoms with E-state index in [9.17, 15) is 37.2 Å². The number of ether oxygens (including phenoxy) is 1. The van der Waals surface area contributed by atoms with E-state index in [0.717, 1.165) is 105 Å². The van der Waals surface area contributed by atoms with Gasteiger partial charge in [0.1, 0.15) is 35.9 Å². The summed E-state index contributed by atoms with van der Waals surface area (Å²) in [5, 5.41) is 12.5. The number of aromatic nitrogens is 2. The Morgan fingerprint density at radius 3 is 2.31 bits per heavy atom. The van der Waals surface area contributed by atoms with Crippen LogP contribution in [-0.2, 0) is 26.3 Å². The molecule has 71 heavy (non-hydrogen) atoms. The van der Waals surface area contributed by atoms with Crippen LogP contribution in [0.1, 0.15) is 66.4 Å². The quantitative estimate of drug-likeness (QED) is 0.159. The lowest BCUT2D eigenvalue weighted by Gasteiger charge is -2.55. The first kappa shape index (κ1) is 46.4. The van der Waals surface area contributed by atoms with Crippen LogP contribution >= 0.6 is 0 Å². The van der Waals surface area contributed by atoms with Crippen molar-refractivity contribution in [3.8, 4) is 23.3 Å². The number of piperidine rings is 3. The number of fused-ring (bicyclic) bond motifs is 2. The van der Waals surface area contributed by atoms with Gasteiger partial charge in [-0.15, -0.1) is 0 Å². The van der Waals surface area contributed by atoms with Gasteiger partial charge in [0.2, 0.25) is 11.8 Å². The Labute approximate surface area is 408 Å². The number of imide groups is 1. The van der Waals surface area contributed by atoms with Crippen molar-refractivity contribution < 1.29 is 36.3 Å². The topological polar surface area (TPSA) is 194 Å². The number of anilines is 3. The van der Waals surface area contributed by atoms with E-state index in [1.807, 2.05) is 42.5 Å². The van der Waals surface area contributed by atoms with Crippen LogP contribution in [0.3, 0.4) is 0 Å². The van der Waals surface area contributed by atoms with E-state index < -0.39 is 51.0 Å². The van der Waals surface area contributed by atoms with Crippen molar-refractivity contribution in [1.82, 2.24) is 29.0 Å². The second-order valence-corrected chi connectivity index (χ2v) is 21.5. The fourth-order valence-corrected chi connectivity index (χ4v) is 12.6. The van der Waals surface area contributed by atoms with E-state index in [-0.39, 0.29) is 54.6 Å². The van der Waals surface area contributed by atoms with Crippen LogP contribution in [0, 0.1) is 28.5 Å². The molecule has 0 unspecified atom stereocenters. The zero-order valence-corrected chi connectivity index (χ0v) is 39.7. The van der Waals surface area contributed by atoms with E-state index in [1.165, 1.54) is 29.1 Å². The number of nitrogens with one attached hydrogen (secondary N) is 2. The molecule has 368 valence electrons. The summed E-state index contributed by atoms with van der Waals surface area (Å²) in [4.78, 5) is 64.8. The van der Waals surface area contributed by atoms with Crippen LogP contribution in [-0.4, -0.2) is 121 Å². The molecule has 0 bridgehead atoms. The molecule has 6 aliphatic rings. The molecule has 6 aliphatic heterocycles. The van der Waals surface area contributed by atoms with Gasteiger partial charge in [0.15, 0.2) is 11.6 Å². The van der Waals surface area contributed by atoms with E-state index in [1.54, 1.807) is 4.90 Å². The lowest BCUT2D eigenvalue weighted by atomic mass is 9.71. The van der Waals surface area contributed by atoms with E-state index in [4.69, 9.17) is 4.74 Å². The second-order valence-electron chi connectivity index (χ2n) is 19.8. The molecule has 2 N–H and O–H groups in total. The zero-order valence-electron chi connectivity index (χ0n) is 38.9. The maximum atomic E-state index is 15.2. The van der Waals surface area contributed by atoms with Crippen molar-refractivity contribution in [3.05, 3.63) is 112 Å². The maximum absolute atomic E-state index is 15.2. The number of amides is 3. The Morgan fingerprint density at radius 2 is 1.59 bits per heavy atom. The van der Waals surface area contributed by atoms with Crippen molar-refractivity contribution in [2.75, 3.05) is 73.4 Å². The van der Waals surface area contributed by atoms with Crippen LogP contribution < -0.4 is 30.1 Å². The molecule has 1 aromatic heterocycles. The highest BCUT2D eigenvalue weighted by molar-refractivity contribution is 7.90. The Balaban J connectivity index is 0.667. The summed E-state index contributed by atoms with van der Waals surface area (Å²) in [7, 11) is -4.24. The van der Waals surface area contributed by atoms with Gasteiger partial charge in [0.05, 0.1) is 22.3 Å². The second kappa shape index (κ2) is 18.3. The van der Waals surface area contributed by atoms with E-state index in [0.29, 0.717) is 41.1 Å². The van der Waals surface area contributed by atoms with Gasteiger partial charge in [-0.05, 0) is 128 Å². The Kier molecular flexibility index (Phi) is 12.0. The Bertz CT molecular complexity index is 3180. The van der Waals surface area contributed by atoms with Gasteiger partial charge in [0, 0.05) is 88.8 Å². The lowest BCUT2D eigenvalue weighted by Crippen LogP contribution is -2.61.